The summed E-state index contributed by atoms with van der Waals surface area (Å²) in [7, 11) is 0. The van der Waals surface area contributed by atoms with E-state index in [1.54, 1.807) is 0 Å². The highest BCUT2D eigenvalue weighted by Gasteiger charge is 2.24. The number of carboxylic acid groups (broad SMARTS) is 1. The van der Waals surface area contributed by atoms with Gasteiger partial charge in [-0.05, 0) is 25.5 Å². The smallest absolute Gasteiger partial charge is 0.372 e. The third kappa shape index (κ3) is 4.65. The van der Waals surface area contributed by atoms with Crippen LogP contribution in [0, 0.1) is 25.5 Å². The van der Waals surface area contributed by atoms with Crippen molar-refractivity contribution in [3.63, 3.8) is 0 Å². The number of rotatable bonds is 2. The van der Waals surface area contributed by atoms with Crippen molar-refractivity contribution in [1.29, 1.82) is 0 Å². The van der Waals surface area contributed by atoms with Crippen molar-refractivity contribution in [2.45, 2.75) is 20.4 Å². The molecule has 0 aliphatic carbocycles. The number of carbonyl (C=O) groups is 2. The Morgan fingerprint density at radius 1 is 1.32 bits per heavy atom. The molecule has 2 aromatic heterocycles. The summed E-state index contributed by atoms with van der Waals surface area (Å²) >= 11 is 1.33. The topological polar surface area (TPSA) is 147 Å². The molecule has 0 saturated heterocycles. The monoisotopic (exact) mass is 474 g/mol. The van der Waals surface area contributed by atoms with E-state index in [1.807, 2.05) is 13.8 Å². The maximum absolute atomic E-state index is 13.4. The van der Waals surface area contributed by atoms with Crippen LogP contribution in [0.15, 0.2) is 10.9 Å². The van der Waals surface area contributed by atoms with E-state index >= 15 is 0 Å². The molecule has 0 unspecified atom stereocenters. The number of ether oxygens (including phenoxy) is 1. The van der Waals surface area contributed by atoms with Gasteiger partial charge < -0.3 is 25.9 Å². The van der Waals surface area contributed by atoms with Crippen LogP contribution < -0.4 is 21.3 Å². The van der Waals surface area contributed by atoms with Gasteiger partial charge in [0.05, 0.1) is 11.1 Å². The molecule has 4 rings (SSSR count). The summed E-state index contributed by atoms with van der Waals surface area (Å²) in [6, 6.07) is 1.27. The minimum atomic E-state index is -1.22. The zero-order valence-corrected chi connectivity index (χ0v) is 17.8. The van der Waals surface area contributed by atoms with Gasteiger partial charge in [-0.1, -0.05) is 0 Å². The summed E-state index contributed by atoms with van der Waals surface area (Å²) < 4.78 is 31.4. The van der Waals surface area contributed by atoms with E-state index in [4.69, 9.17) is 15.6 Å². The number of nitrogens with zero attached hydrogens (tertiary/aromatic N) is 1. The summed E-state index contributed by atoms with van der Waals surface area (Å²) in [6.45, 7) is 3.24. The largest absolute Gasteiger partial charge is 0.478 e. The Morgan fingerprint density at radius 3 is 2.61 bits per heavy atom. The number of carbonyl (C=O) groups excluding carboxylic acids is 1. The molecule has 0 saturated carbocycles. The summed E-state index contributed by atoms with van der Waals surface area (Å²) in [5.74, 6) is -4.37. The lowest BCUT2D eigenvalue weighted by Crippen LogP contribution is -2.26. The lowest BCUT2D eigenvalue weighted by molar-refractivity contribution is -0.118. The first kappa shape index (κ1) is 24.2. The number of hydrogen-bond acceptors (Lipinski definition) is 7. The predicted octanol–water partition coefficient (Wildman–Crippen LogP) is 2.48. The van der Waals surface area contributed by atoms with Gasteiger partial charge in [0.15, 0.2) is 18.2 Å². The molecule has 5 N–H and O–H groups in total. The summed E-state index contributed by atoms with van der Waals surface area (Å²) in [5, 5.41) is 11.6. The molecule has 31 heavy (non-hydrogen) atoms. The highest BCUT2D eigenvalue weighted by atomic mass is 35.5. The number of amides is 1. The Kier molecular flexibility index (Phi) is 7.31. The molecule has 3 heterocycles. The predicted molar refractivity (Wildman–Crippen MR) is 112 cm³/mol. The fraction of sp³-hybridized carbons (Fsp3) is 0.222. The third-order valence-corrected chi connectivity index (χ3v) is 5.42. The van der Waals surface area contributed by atoms with Crippen LogP contribution in [0.4, 0.5) is 14.5 Å². The maximum Gasteiger partial charge on any atom is 0.372 e. The van der Waals surface area contributed by atoms with Crippen molar-refractivity contribution >= 4 is 51.5 Å². The van der Waals surface area contributed by atoms with Crippen LogP contribution in [0.2, 0.25) is 0 Å². The van der Waals surface area contributed by atoms with Crippen molar-refractivity contribution in [1.82, 2.24) is 9.97 Å². The van der Waals surface area contributed by atoms with Crippen molar-refractivity contribution in [3.05, 3.63) is 49.9 Å². The van der Waals surface area contributed by atoms with Gasteiger partial charge in [0.2, 0.25) is 11.6 Å². The van der Waals surface area contributed by atoms with Crippen molar-refractivity contribution in [2.75, 3.05) is 11.9 Å². The zero-order chi connectivity index (χ0) is 22.2. The second-order valence-electron chi connectivity index (χ2n) is 6.26. The molecule has 0 fully saturated rings. The Labute approximate surface area is 183 Å². The van der Waals surface area contributed by atoms with Gasteiger partial charge >= 0.3 is 5.97 Å². The number of anilines is 1. The van der Waals surface area contributed by atoms with Crippen LogP contribution >= 0.6 is 23.7 Å². The Bertz CT molecular complexity index is 1240. The summed E-state index contributed by atoms with van der Waals surface area (Å²) in [6.07, 6.45) is 0. The summed E-state index contributed by atoms with van der Waals surface area (Å²) in [4.78, 5) is 40.8. The van der Waals surface area contributed by atoms with E-state index < -0.39 is 23.5 Å². The Morgan fingerprint density at radius 2 is 2.00 bits per heavy atom. The number of nitrogens with one attached hydrogen (secondary N) is 2. The highest BCUT2D eigenvalue weighted by molar-refractivity contribution is 7.18. The number of nitrogens with two attached hydrogens (primary N) is 1. The molecule has 1 aliphatic heterocycles. The molecular formula is C18H17ClF2N4O5S. The van der Waals surface area contributed by atoms with Gasteiger partial charge in [-0.25, -0.2) is 14.2 Å². The van der Waals surface area contributed by atoms with E-state index in [1.165, 1.54) is 17.4 Å². The molecule has 1 aliphatic rings. The first-order valence-electron chi connectivity index (χ1n) is 8.50. The van der Waals surface area contributed by atoms with Crippen LogP contribution in [0.3, 0.4) is 0 Å². The van der Waals surface area contributed by atoms with Gasteiger partial charge in [0.1, 0.15) is 4.83 Å². The molecule has 9 nitrogen and oxygen atoms in total. The molecule has 166 valence electrons. The Balaban J connectivity index is 0.000000213. The second kappa shape index (κ2) is 9.37. The summed E-state index contributed by atoms with van der Waals surface area (Å²) in [5.41, 5.74) is 5.81. The Hall–Kier alpha value is -3.09. The first-order valence-corrected chi connectivity index (χ1v) is 9.32. The van der Waals surface area contributed by atoms with Gasteiger partial charge in [-0.15, -0.1) is 23.7 Å². The number of aromatic amines is 1. The molecule has 3 aromatic rings. The fourth-order valence-corrected chi connectivity index (χ4v) is 3.75. The van der Waals surface area contributed by atoms with E-state index in [-0.39, 0.29) is 53.9 Å². The van der Waals surface area contributed by atoms with Crippen LogP contribution in [-0.4, -0.2) is 33.6 Å². The highest BCUT2D eigenvalue weighted by Crippen LogP contribution is 2.34. The molecule has 0 radical (unpaired) electrons. The van der Waals surface area contributed by atoms with Gasteiger partial charge in [0, 0.05) is 17.0 Å². The third-order valence-electron chi connectivity index (χ3n) is 4.32. The van der Waals surface area contributed by atoms with Crippen molar-refractivity contribution < 1.29 is 28.2 Å². The van der Waals surface area contributed by atoms with Crippen LogP contribution in [0.25, 0.3) is 10.2 Å². The molecule has 13 heteroatoms. The van der Waals surface area contributed by atoms with Crippen LogP contribution in [0.5, 0.6) is 5.75 Å². The fourth-order valence-electron chi connectivity index (χ4n) is 2.72. The number of benzene rings is 1. The van der Waals surface area contributed by atoms with E-state index in [0.29, 0.717) is 10.2 Å². The average Bonchev–Trinajstić information content (AvgIpc) is 2.99. The van der Waals surface area contributed by atoms with Gasteiger partial charge in [-0.2, -0.15) is 4.39 Å². The van der Waals surface area contributed by atoms with Gasteiger partial charge in [0.25, 0.3) is 11.5 Å². The number of aromatic carboxylic acids is 1. The molecule has 0 atom stereocenters. The average molecular weight is 475 g/mol. The number of aryl methyl sites for hydroxylation is 2. The van der Waals surface area contributed by atoms with Crippen molar-refractivity contribution in [2.24, 2.45) is 5.73 Å². The maximum atomic E-state index is 13.4. The van der Waals surface area contributed by atoms with Crippen molar-refractivity contribution in [3.8, 4) is 5.75 Å². The molecule has 0 spiro atoms. The van der Waals surface area contributed by atoms with Crippen LogP contribution in [0.1, 0.15) is 26.6 Å². The zero-order valence-electron chi connectivity index (χ0n) is 16.2. The number of aromatic nitrogens is 2. The molecular weight excluding hydrogens is 458 g/mol. The SMILES string of the molecule is Cc1sc2nc(C(=O)O)[nH]c(=O)c2c1C.Cl.NCc1cc2c(c(F)c1F)OCC(=O)N2. The lowest BCUT2D eigenvalue weighted by atomic mass is 10.1. The number of H-pyrrole nitrogens is 1. The first-order chi connectivity index (χ1) is 14.1. The number of halogens is 3. The molecule has 0 bridgehead atoms. The quantitative estimate of drug-likeness (QED) is 0.446. The second-order valence-corrected chi connectivity index (χ2v) is 7.47. The normalized spacial score (nSPS) is 12.1. The minimum Gasteiger partial charge on any atom is -0.478 e. The van der Waals surface area contributed by atoms with Crippen LogP contribution in [-0.2, 0) is 11.3 Å². The number of carboxylic acids is 1. The number of thiophene rings is 1. The lowest BCUT2D eigenvalue weighted by Gasteiger charge is -2.19. The van der Waals surface area contributed by atoms with Gasteiger partial charge in [-0.3, -0.25) is 9.59 Å². The van der Waals surface area contributed by atoms with E-state index in [0.717, 1.165) is 10.4 Å². The van der Waals surface area contributed by atoms with E-state index in [9.17, 15) is 23.2 Å². The standard InChI is InChI=1S/C9H8F2N2O2.C9H8N2O3S.ClH/c10-7-4(2-12)1-5-9(8(7)11)15-3-6(14)13-5;1-3-4(2)15-8-5(3)7(12)10-6(11-8)9(13)14;/h1H,2-3,12H2,(H,13,14);1-2H3,(H,13,14)(H,10,11,12);1H. The molecule has 1 aromatic carbocycles. The van der Waals surface area contributed by atoms with E-state index in [2.05, 4.69) is 15.3 Å². The minimum absolute atomic E-state index is 0. The number of hydrogen-bond donors (Lipinski definition) is 4. The molecule has 1 amide bonds. The number of fused-ring (bicyclic) bond motifs is 2.